The Labute approximate surface area is 176 Å². The molecule has 4 rings (SSSR count). The first kappa shape index (κ1) is 20.3. The van der Waals surface area contributed by atoms with Crippen LogP contribution in [0.2, 0.25) is 5.02 Å². The van der Waals surface area contributed by atoms with E-state index in [-0.39, 0.29) is 17.9 Å². The minimum Gasteiger partial charge on any atom is -0.334 e. The molecule has 2 aromatic heterocycles. The average Bonchev–Trinajstić information content (AvgIpc) is 3.02. The minimum atomic E-state index is -0.0759. The molecule has 0 spiro atoms. The average molecular weight is 417 g/mol. The van der Waals surface area contributed by atoms with Gasteiger partial charge in [0.2, 0.25) is 0 Å². The maximum absolute atomic E-state index is 13.8. The second-order valence-electron chi connectivity index (χ2n) is 8.42. The van der Waals surface area contributed by atoms with E-state index in [9.17, 15) is 9.59 Å². The topological polar surface area (TPSA) is 68.1 Å². The molecule has 6 nitrogen and oxygen atoms in total. The summed E-state index contributed by atoms with van der Waals surface area (Å²) in [5, 5.41) is 5.82. The van der Waals surface area contributed by atoms with E-state index in [1.54, 1.807) is 0 Å². The Morgan fingerprint density at radius 3 is 2.72 bits per heavy atom. The highest BCUT2D eigenvalue weighted by molar-refractivity contribution is 6.36. The van der Waals surface area contributed by atoms with E-state index in [1.165, 1.54) is 0 Å². The van der Waals surface area contributed by atoms with Crippen LogP contribution in [0, 0.1) is 19.8 Å². The molecule has 1 saturated carbocycles. The number of pyridine rings is 1. The number of unbranched alkanes of at least 4 members (excludes halogenated alkanes) is 1. The molecule has 2 aromatic rings. The van der Waals surface area contributed by atoms with Crippen LogP contribution in [0.4, 0.5) is 0 Å². The summed E-state index contributed by atoms with van der Waals surface area (Å²) in [6.45, 7) is 7.14. The van der Waals surface area contributed by atoms with Gasteiger partial charge in [0.25, 0.3) is 5.91 Å². The maximum atomic E-state index is 13.8. The van der Waals surface area contributed by atoms with Crippen LogP contribution in [0.1, 0.15) is 73.6 Å². The molecule has 2 fully saturated rings. The predicted octanol–water partition coefficient (Wildman–Crippen LogP) is 4.48. The number of aromatic nitrogens is 3. The number of aryl methyl sites for hydroxylation is 3. The molecule has 1 saturated heterocycles. The molecular formula is C22H29ClN4O2. The van der Waals surface area contributed by atoms with E-state index in [4.69, 9.17) is 11.6 Å². The maximum Gasteiger partial charge on any atom is 0.256 e. The Hall–Kier alpha value is -1.95. The monoisotopic (exact) mass is 416 g/mol. The van der Waals surface area contributed by atoms with E-state index in [2.05, 4.69) is 17.0 Å². The number of nitrogens with zero attached hydrogens (tertiary/aromatic N) is 4. The number of carbonyl (C=O) groups excluding carboxylic acids is 2. The SMILES string of the molecule is CCCCn1nc(C)c2c(C(=O)N3CCC(=O)C4CCCCC43)c(Cl)c(C)nc21. The molecule has 0 N–H and O–H groups in total. The van der Waals surface area contributed by atoms with Crippen molar-refractivity contribution in [3.63, 3.8) is 0 Å². The fourth-order valence-corrected chi connectivity index (χ4v) is 5.19. The molecule has 0 aromatic carbocycles. The fourth-order valence-electron chi connectivity index (χ4n) is 4.98. The van der Waals surface area contributed by atoms with E-state index in [0.29, 0.717) is 35.0 Å². The number of fused-ring (bicyclic) bond motifs is 2. The van der Waals surface area contributed by atoms with E-state index in [0.717, 1.165) is 61.8 Å². The van der Waals surface area contributed by atoms with Gasteiger partial charge in [-0.2, -0.15) is 5.10 Å². The lowest BCUT2D eigenvalue weighted by Crippen LogP contribution is -2.53. The second kappa shape index (κ2) is 8.05. The fraction of sp³-hybridized carbons (Fsp3) is 0.636. The lowest BCUT2D eigenvalue weighted by Gasteiger charge is -2.43. The smallest absolute Gasteiger partial charge is 0.256 e. The molecule has 1 aliphatic heterocycles. The van der Waals surface area contributed by atoms with E-state index in [1.807, 2.05) is 23.4 Å². The highest BCUT2D eigenvalue weighted by atomic mass is 35.5. The lowest BCUT2D eigenvalue weighted by atomic mass is 9.77. The summed E-state index contributed by atoms with van der Waals surface area (Å²) in [4.78, 5) is 32.8. The van der Waals surface area contributed by atoms with E-state index >= 15 is 0 Å². The van der Waals surface area contributed by atoms with Crippen LogP contribution in [-0.4, -0.2) is 43.9 Å². The summed E-state index contributed by atoms with van der Waals surface area (Å²) < 4.78 is 1.90. The number of amides is 1. The van der Waals surface area contributed by atoms with Crippen LogP contribution in [0.3, 0.4) is 0 Å². The molecule has 1 amide bonds. The van der Waals surface area contributed by atoms with Crippen LogP contribution in [0.5, 0.6) is 0 Å². The van der Waals surface area contributed by atoms with Gasteiger partial charge in [-0.3, -0.25) is 9.59 Å². The van der Waals surface area contributed by atoms with Crippen molar-refractivity contribution in [1.29, 1.82) is 0 Å². The second-order valence-corrected chi connectivity index (χ2v) is 8.80. The van der Waals surface area contributed by atoms with Gasteiger partial charge in [0.15, 0.2) is 5.65 Å². The Balaban J connectivity index is 1.80. The number of ketones is 1. The zero-order valence-electron chi connectivity index (χ0n) is 17.5. The number of halogens is 1. The van der Waals surface area contributed by atoms with Gasteiger partial charge in [-0.15, -0.1) is 0 Å². The molecular weight excluding hydrogens is 388 g/mol. The Kier molecular flexibility index (Phi) is 5.65. The highest BCUT2D eigenvalue weighted by Crippen LogP contribution is 2.37. The Morgan fingerprint density at radius 2 is 1.97 bits per heavy atom. The van der Waals surface area contributed by atoms with Gasteiger partial charge in [0.05, 0.1) is 27.4 Å². The number of Topliss-reactive ketones (excluding diaryl/α,β-unsaturated/α-hetero) is 1. The summed E-state index contributed by atoms with van der Waals surface area (Å²) in [7, 11) is 0. The van der Waals surface area contributed by atoms with Gasteiger partial charge in [-0.1, -0.05) is 37.8 Å². The molecule has 2 unspecified atom stereocenters. The quantitative estimate of drug-likeness (QED) is 0.737. The first-order chi connectivity index (χ1) is 13.9. The molecule has 2 atom stereocenters. The molecule has 2 aliphatic rings. The van der Waals surface area contributed by atoms with Crippen LogP contribution in [-0.2, 0) is 11.3 Å². The highest BCUT2D eigenvalue weighted by Gasteiger charge is 2.41. The number of likely N-dealkylation sites (tertiary alicyclic amines) is 1. The standard InChI is InChI=1S/C22H29ClN4O2/c1-4-5-11-27-21-18(13(2)25-27)19(20(23)14(3)24-21)22(29)26-12-10-17(28)15-8-6-7-9-16(15)26/h15-16H,4-12H2,1-3H3. The molecule has 0 bridgehead atoms. The molecule has 29 heavy (non-hydrogen) atoms. The first-order valence-corrected chi connectivity index (χ1v) is 11.2. The summed E-state index contributed by atoms with van der Waals surface area (Å²) in [5.74, 6) is 0.213. The third-order valence-electron chi connectivity index (χ3n) is 6.50. The molecule has 7 heteroatoms. The Morgan fingerprint density at radius 1 is 1.21 bits per heavy atom. The molecule has 1 aliphatic carbocycles. The van der Waals surface area contributed by atoms with Gasteiger partial charge in [0.1, 0.15) is 5.78 Å². The normalized spacial score (nSPS) is 22.2. The zero-order valence-corrected chi connectivity index (χ0v) is 18.3. The van der Waals surface area contributed by atoms with Crippen molar-refractivity contribution in [2.75, 3.05) is 6.54 Å². The lowest BCUT2D eigenvalue weighted by molar-refractivity contribution is -0.129. The first-order valence-electron chi connectivity index (χ1n) is 10.8. The van der Waals surface area contributed by atoms with Gasteiger partial charge >= 0.3 is 0 Å². The summed E-state index contributed by atoms with van der Waals surface area (Å²) in [6, 6.07) is -0.00692. The van der Waals surface area contributed by atoms with Gasteiger partial charge in [-0.25, -0.2) is 9.67 Å². The van der Waals surface area contributed by atoms with Crippen molar-refractivity contribution in [3.8, 4) is 0 Å². The number of carbonyl (C=O) groups is 2. The zero-order chi connectivity index (χ0) is 20.7. The molecule has 156 valence electrons. The van der Waals surface area contributed by atoms with Crippen molar-refractivity contribution < 1.29 is 9.59 Å². The number of piperidine rings is 1. The third-order valence-corrected chi connectivity index (χ3v) is 6.96. The summed E-state index contributed by atoms with van der Waals surface area (Å²) in [6.07, 6.45) is 6.40. The van der Waals surface area contributed by atoms with Crippen molar-refractivity contribution >= 4 is 34.3 Å². The largest absolute Gasteiger partial charge is 0.334 e. The number of hydrogen-bond acceptors (Lipinski definition) is 4. The predicted molar refractivity (Wildman–Crippen MR) is 113 cm³/mol. The summed E-state index contributed by atoms with van der Waals surface area (Å²) in [5.41, 5.74) is 2.66. The van der Waals surface area contributed by atoms with Crippen LogP contribution in [0.15, 0.2) is 0 Å². The van der Waals surface area contributed by atoms with Crippen molar-refractivity contribution in [1.82, 2.24) is 19.7 Å². The van der Waals surface area contributed by atoms with Crippen molar-refractivity contribution in [2.24, 2.45) is 5.92 Å². The number of hydrogen-bond donors (Lipinski definition) is 0. The van der Waals surface area contributed by atoms with Gasteiger partial charge in [-0.05, 0) is 33.1 Å². The third kappa shape index (κ3) is 3.45. The summed E-state index contributed by atoms with van der Waals surface area (Å²) >= 11 is 6.66. The van der Waals surface area contributed by atoms with E-state index < -0.39 is 0 Å². The van der Waals surface area contributed by atoms with Crippen LogP contribution in [0.25, 0.3) is 11.0 Å². The number of rotatable bonds is 4. The molecule has 0 radical (unpaired) electrons. The van der Waals surface area contributed by atoms with Gasteiger partial charge in [0, 0.05) is 31.5 Å². The molecule has 3 heterocycles. The Bertz CT molecular complexity index is 968. The van der Waals surface area contributed by atoms with Crippen LogP contribution >= 0.6 is 11.6 Å². The minimum absolute atomic E-state index is 0.00692. The van der Waals surface area contributed by atoms with Gasteiger partial charge < -0.3 is 4.90 Å². The van der Waals surface area contributed by atoms with Crippen LogP contribution < -0.4 is 0 Å². The van der Waals surface area contributed by atoms with Crippen molar-refractivity contribution in [3.05, 3.63) is 22.0 Å². The van der Waals surface area contributed by atoms with Crippen molar-refractivity contribution in [2.45, 2.75) is 78.3 Å².